The number of rotatable bonds is 4. The predicted molar refractivity (Wildman–Crippen MR) is 102 cm³/mol. The molecule has 24 heavy (non-hydrogen) atoms. The minimum absolute atomic E-state index is 0.572. The highest BCUT2D eigenvalue weighted by Crippen LogP contribution is 2.25. The molecule has 0 spiro atoms. The van der Waals surface area contributed by atoms with Crippen LogP contribution in [0.2, 0.25) is 0 Å². The molecule has 0 radical (unpaired) electrons. The molecular formula is C22H24N2. The van der Waals surface area contributed by atoms with Crippen LogP contribution in [0, 0.1) is 0 Å². The maximum absolute atomic E-state index is 3.78. The number of fused-ring (bicyclic) bond motifs is 1. The van der Waals surface area contributed by atoms with E-state index in [0.717, 1.165) is 19.6 Å². The number of nitrogens with one attached hydrogen (secondary N) is 1. The first-order chi connectivity index (χ1) is 11.9. The highest BCUT2D eigenvalue weighted by Gasteiger charge is 2.19. The van der Waals surface area contributed by atoms with Crippen LogP contribution in [0.15, 0.2) is 72.8 Å². The summed E-state index contributed by atoms with van der Waals surface area (Å²) in [5.74, 6) is 0. The summed E-state index contributed by atoms with van der Waals surface area (Å²) >= 11 is 0. The third-order valence-electron chi connectivity index (χ3n) is 4.99. The molecule has 0 saturated carbocycles. The second-order valence-electron chi connectivity index (χ2n) is 6.71. The Morgan fingerprint density at radius 3 is 2.33 bits per heavy atom. The Morgan fingerprint density at radius 2 is 1.50 bits per heavy atom. The lowest BCUT2D eigenvalue weighted by Crippen LogP contribution is -2.38. The molecule has 4 rings (SSSR count). The van der Waals surface area contributed by atoms with Crippen molar-refractivity contribution in [3.63, 3.8) is 0 Å². The van der Waals surface area contributed by atoms with Gasteiger partial charge in [0.1, 0.15) is 0 Å². The lowest BCUT2D eigenvalue weighted by atomic mass is 10.0. The van der Waals surface area contributed by atoms with Crippen LogP contribution in [0.5, 0.6) is 0 Å². The Morgan fingerprint density at radius 1 is 0.792 bits per heavy atom. The van der Waals surface area contributed by atoms with Gasteiger partial charge in [-0.1, -0.05) is 66.7 Å². The molecule has 1 aliphatic rings. The first-order valence-electron chi connectivity index (χ1n) is 8.89. The minimum atomic E-state index is 0.572. The van der Waals surface area contributed by atoms with Crippen LogP contribution < -0.4 is 5.32 Å². The van der Waals surface area contributed by atoms with Crippen molar-refractivity contribution in [3.05, 3.63) is 78.4 Å². The van der Waals surface area contributed by atoms with Gasteiger partial charge in [0.2, 0.25) is 0 Å². The molecule has 2 nitrogen and oxygen atoms in total. The third-order valence-corrected chi connectivity index (χ3v) is 4.99. The molecule has 1 fully saturated rings. The van der Waals surface area contributed by atoms with Crippen molar-refractivity contribution in [2.24, 2.45) is 0 Å². The molecule has 0 unspecified atom stereocenters. The summed E-state index contributed by atoms with van der Waals surface area (Å²) in [6.07, 6.45) is 2.41. The average molecular weight is 316 g/mol. The van der Waals surface area contributed by atoms with E-state index in [4.69, 9.17) is 0 Å². The maximum atomic E-state index is 3.78. The van der Waals surface area contributed by atoms with Gasteiger partial charge in [0, 0.05) is 36.7 Å². The van der Waals surface area contributed by atoms with Crippen molar-refractivity contribution in [1.82, 2.24) is 4.90 Å². The van der Waals surface area contributed by atoms with E-state index in [-0.39, 0.29) is 0 Å². The van der Waals surface area contributed by atoms with Crippen LogP contribution in [0.3, 0.4) is 0 Å². The molecule has 0 atom stereocenters. The molecule has 122 valence electrons. The Balaban J connectivity index is 1.38. The van der Waals surface area contributed by atoms with E-state index in [1.165, 1.54) is 34.9 Å². The van der Waals surface area contributed by atoms with Gasteiger partial charge in [0.25, 0.3) is 0 Å². The van der Waals surface area contributed by atoms with Crippen molar-refractivity contribution in [1.29, 1.82) is 0 Å². The molecule has 3 aromatic rings. The van der Waals surface area contributed by atoms with Gasteiger partial charge in [-0.2, -0.15) is 0 Å². The number of likely N-dealkylation sites (tertiary alicyclic amines) is 1. The van der Waals surface area contributed by atoms with Gasteiger partial charge in [0.05, 0.1) is 0 Å². The molecule has 3 aromatic carbocycles. The number of anilines is 1. The van der Waals surface area contributed by atoms with E-state index >= 15 is 0 Å². The van der Waals surface area contributed by atoms with Crippen LogP contribution in [0.4, 0.5) is 5.69 Å². The zero-order valence-corrected chi connectivity index (χ0v) is 14.0. The molecule has 1 saturated heterocycles. The zero-order valence-electron chi connectivity index (χ0n) is 14.0. The number of hydrogen-bond acceptors (Lipinski definition) is 2. The van der Waals surface area contributed by atoms with Gasteiger partial charge in [-0.05, 0) is 29.9 Å². The molecule has 0 aromatic heterocycles. The van der Waals surface area contributed by atoms with Crippen LogP contribution in [0.1, 0.15) is 18.4 Å². The monoisotopic (exact) mass is 316 g/mol. The first-order valence-corrected chi connectivity index (χ1v) is 8.89. The summed E-state index contributed by atoms with van der Waals surface area (Å²) < 4.78 is 0. The Bertz CT molecular complexity index is 784. The molecule has 0 aliphatic carbocycles. The molecule has 0 bridgehead atoms. The summed E-state index contributed by atoms with van der Waals surface area (Å²) in [4.78, 5) is 2.57. The Hall–Kier alpha value is -2.32. The predicted octanol–water partition coefficient (Wildman–Crippen LogP) is 4.92. The molecule has 1 aliphatic heterocycles. The SMILES string of the molecule is c1ccc(CN2CCC(Nc3cccc4ccccc34)CC2)cc1. The zero-order chi connectivity index (χ0) is 16.2. The summed E-state index contributed by atoms with van der Waals surface area (Å²) in [5.41, 5.74) is 2.69. The Kier molecular flexibility index (Phi) is 4.48. The topological polar surface area (TPSA) is 15.3 Å². The van der Waals surface area contributed by atoms with E-state index in [9.17, 15) is 0 Å². The highest BCUT2D eigenvalue weighted by molar-refractivity contribution is 5.93. The van der Waals surface area contributed by atoms with Crippen LogP contribution in [0.25, 0.3) is 10.8 Å². The fourth-order valence-corrected chi connectivity index (χ4v) is 3.65. The third kappa shape index (κ3) is 3.44. The second-order valence-corrected chi connectivity index (χ2v) is 6.71. The van der Waals surface area contributed by atoms with Gasteiger partial charge in [-0.3, -0.25) is 4.90 Å². The fraction of sp³-hybridized carbons (Fsp3) is 0.273. The van der Waals surface area contributed by atoms with E-state index in [2.05, 4.69) is 83.0 Å². The number of hydrogen-bond donors (Lipinski definition) is 1. The first kappa shape index (κ1) is 15.2. The minimum Gasteiger partial charge on any atom is -0.382 e. The van der Waals surface area contributed by atoms with E-state index in [0.29, 0.717) is 6.04 Å². The quantitative estimate of drug-likeness (QED) is 0.735. The molecule has 1 heterocycles. The smallest absolute Gasteiger partial charge is 0.0422 e. The molecule has 0 amide bonds. The summed E-state index contributed by atoms with van der Waals surface area (Å²) in [6.45, 7) is 3.40. The van der Waals surface area contributed by atoms with Gasteiger partial charge >= 0.3 is 0 Å². The Labute approximate surface area is 144 Å². The number of nitrogens with zero attached hydrogens (tertiary/aromatic N) is 1. The highest BCUT2D eigenvalue weighted by atomic mass is 15.1. The average Bonchev–Trinajstić information content (AvgIpc) is 2.65. The van der Waals surface area contributed by atoms with Crippen molar-refractivity contribution in [3.8, 4) is 0 Å². The van der Waals surface area contributed by atoms with Gasteiger partial charge in [-0.25, -0.2) is 0 Å². The summed E-state index contributed by atoms with van der Waals surface area (Å²) in [5, 5.41) is 6.42. The van der Waals surface area contributed by atoms with Crippen LogP contribution >= 0.6 is 0 Å². The summed E-state index contributed by atoms with van der Waals surface area (Å²) in [6, 6.07) is 26.5. The molecule has 2 heteroatoms. The van der Waals surface area contributed by atoms with E-state index < -0.39 is 0 Å². The lowest BCUT2D eigenvalue weighted by molar-refractivity contribution is 0.211. The van der Waals surface area contributed by atoms with Gasteiger partial charge < -0.3 is 5.32 Å². The van der Waals surface area contributed by atoms with Crippen LogP contribution in [-0.2, 0) is 6.54 Å². The molecular weight excluding hydrogens is 292 g/mol. The van der Waals surface area contributed by atoms with Gasteiger partial charge in [-0.15, -0.1) is 0 Å². The fourth-order valence-electron chi connectivity index (χ4n) is 3.65. The van der Waals surface area contributed by atoms with Crippen molar-refractivity contribution >= 4 is 16.5 Å². The van der Waals surface area contributed by atoms with Crippen LogP contribution in [-0.4, -0.2) is 24.0 Å². The number of benzene rings is 3. The molecule has 1 N–H and O–H groups in total. The normalized spacial score (nSPS) is 16.3. The maximum Gasteiger partial charge on any atom is 0.0422 e. The van der Waals surface area contributed by atoms with Crippen molar-refractivity contribution in [2.45, 2.75) is 25.4 Å². The largest absolute Gasteiger partial charge is 0.382 e. The number of piperidine rings is 1. The van der Waals surface area contributed by atoms with Crippen molar-refractivity contribution < 1.29 is 0 Å². The van der Waals surface area contributed by atoms with Crippen molar-refractivity contribution in [2.75, 3.05) is 18.4 Å². The van der Waals surface area contributed by atoms with E-state index in [1.54, 1.807) is 0 Å². The second kappa shape index (κ2) is 7.06. The van der Waals surface area contributed by atoms with Gasteiger partial charge in [0.15, 0.2) is 0 Å². The summed E-state index contributed by atoms with van der Waals surface area (Å²) in [7, 11) is 0. The standard InChI is InChI=1S/C22H24N2/c1-2-7-18(8-3-1)17-24-15-13-20(14-16-24)23-22-12-6-10-19-9-4-5-11-21(19)22/h1-12,20,23H,13-17H2. The lowest BCUT2D eigenvalue weighted by Gasteiger charge is -2.33. The van der Waals surface area contributed by atoms with E-state index in [1.807, 2.05) is 0 Å².